The van der Waals surface area contributed by atoms with Gasteiger partial charge in [-0.2, -0.15) is 9.97 Å². The molecule has 0 saturated carbocycles. The first-order valence-corrected chi connectivity index (χ1v) is 12.4. The predicted octanol–water partition coefficient (Wildman–Crippen LogP) is 1.40. The second kappa shape index (κ2) is 12.1. The maximum Gasteiger partial charge on any atom is 0.392 e. The Balaban J connectivity index is 2.70. The number of rotatable bonds is 11. The molecule has 15 nitrogen and oxygen atoms in total. The van der Waals surface area contributed by atoms with Crippen LogP contribution in [0.4, 0.5) is 5.69 Å². The van der Waals surface area contributed by atoms with E-state index in [4.69, 9.17) is 18.9 Å². The van der Waals surface area contributed by atoms with Gasteiger partial charge in [0, 0.05) is 25.9 Å². The molecule has 0 atom stereocenters. The number of hydrogen-bond acceptors (Lipinski definition) is 13. The maximum absolute atomic E-state index is 12.5. The van der Waals surface area contributed by atoms with Crippen molar-refractivity contribution in [1.82, 2.24) is 14.9 Å². The lowest BCUT2D eigenvalue weighted by Crippen LogP contribution is -2.22. The van der Waals surface area contributed by atoms with Gasteiger partial charge in [0.25, 0.3) is 11.1 Å². The second-order valence-electron chi connectivity index (χ2n) is 7.36. The summed E-state index contributed by atoms with van der Waals surface area (Å²) >= 11 is 0. The van der Waals surface area contributed by atoms with Crippen LogP contribution in [0, 0.1) is 10.1 Å². The molecular weight excluding hydrogens is 516 g/mol. The van der Waals surface area contributed by atoms with Gasteiger partial charge in [0.2, 0.25) is 9.84 Å². The molecule has 1 amide bonds. The third-order valence-corrected chi connectivity index (χ3v) is 5.08. The maximum atomic E-state index is 12.5. The first kappa shape index (κ1) is 28.9. The van der Waals surface area contributed by atoms with Crippen LogP contribution in [0.2, 0.25) is 0 Å². The molecule has 0 spiro atoms. The van der Waals surface area contributed by atoms with Gasteiger partial charge in [-0.05, 0) is 32.0 Å². The monoisotopic (exact) mass is 540 g/mol. The van der Waals surface area contributed by atoms with Crippen LogP contribution in [0.3, 0.4) is 0 Å². The zero-order chi connectivity index (χ0) is 27.9. The average Bonchev–Trinajstić information content (AvgIpc) is 2.81. The second-order valence-corrected chi connectivity index (χ2v) is 9.27. The lowest BCUT2D eigenvalue weighted by molar-refractivity contribution is -0.387. The van der Waals surface area contributed by atoms with E-state index in [1.807, 2.05) is 0 Å². The number of carbonyl (C=O) groups is 3. The summed E-state index contributed by atoms with van der Waals surface area (Å²) in [6.07, 6.45) is 0.738. The molecule has 0 aliphatic heterocycles. The fourth-order valence-electron chi connectivity index (χ4n) is 2.70. The fourth-order valence-corrected chi connectivity index (χ4v) is 3.20. The largest absolute Gasteiger partial charge is 0.463 e. The van der Waals surface area contributed by atoms with Crippen molar-refractivity contribution >= 4 is 33.4 Å². The highest BCUT2D eigenvalue weighted by atomic mass is 32.2. The Morgan fingerprint density at radius 2 is 1.59 bits per heavy atom. The quantitative estimate of drug-likeness (QED) is 0.172. The molecular formula is C21H24N4O11S. The van der Waals surface area contributed by atoms with Crippen molar-refractivity contribution < 1.29 is 46.7 Å². The van der Waals surface area contributed by atoms with E-state index in [1.165, 1.54) is 32.0 Å². The lowest BCUT2D eigenvalue weighted by Gasteiger charge is -2.14. The number of hydrogen-bond donors (Lipinski definition) is 0. The highest BCUT2D eigenvalue weighted by Gasteiger charge is 2.32. The summed E-state index contributed by atoms with van der Waals surface area (Å²) in [6.45, 7) is 2.30. The van der Waals surface area contributed by atoms with Crippen LogP contribution in [0.15, 0.2) is 23.4 Å². The third kappa shape index (κ3) is 7.57. The van der Waals surface area contributed by atoms with E-state index < -0.39 is 61.8 Å². The molecule has 0 aliphatic rings. The Hall–Kier alpha value is -4.34. The number of esters is 2. The third-order valence-electron chi connectivity index (χ3n) is 4.23. The van der Waals surface area contributed by atoms with Gasteiger partial charge in [-0.3, -0.25) is 14.9 Å². The van der Waals surface area contributed by atoms with Gasteiger partial charge in [-0.25, -0.2) is 18.0 Å². The number of benzene rings is 1. The zero-order valence-electron chi connectivity index (χ0n) is 20.5. The van der Waals surface area contributed by atoms with Crippen molar-refractivity contribution in [3.8, 4) is 17.5 Å². The molecule has 37 heavy (non-hydrogen) atoms. The Kier molecular flexibility index (Phi) is 9.42. The van der Waals surface area contributed by atoms with Gasteiger partial charge >= 0.3 is 29.4 Å². The molecule has 0 bridgehead atoms. The summed E-state index contributed by atoms with van der Waals surface area (Å²) in [4.78, 5) is 55.8. The Morgan fingerprint density at radius 1 is 1.00 bits per heavy atom. The van der Waals surface area contributed by atoms with Gasteiger partial charge in [-0.15, -0.1) is 0 Å². The van der Waals surface area contributed by atoms with Crippen molar-refractivity contribution in [2.75, 3.05) is 40.2 Å². The van der Waals surface area contributed by atoms with Crippen molar-refractivity contribution in [3.63, 3.8) is 0 Å². The van der Waals surface area contributed by atoms with Gasteiger partial charge in [0.05, 0.1) is 23.7 Å². The minimum atomic E-state index is -4.15. The lowest BCUT2D eigenvalue weighted by atomic mass is 10.1. The van der Waals surface area contributed by atoms with Gasteiger partial charge in [0.15, 0.2) is 6.61 Å². The molecule has 1 aromatic carbocycles. The van der Waals surface area contributed by atoms with E-state index in [1.54, 1.807) is 6.92 Å². The molecule has 2 rings (SSSR count). The Morgan fingerprint density at radius 3 is 2.14 bits per heavy atom. The predicted molar refractivity (Wildman–Crippen MR) is 124 cm³/mol. The van der Waals surface area contributed by atoms with E-state index in [-0.39, 0.29) is 30.1 Å². The summed E-state index contributed by atoms with van der Waals surface area (Å²) in [7, 11) is -1.23. The van der Waals surface area contributed by atoms with Crippen molar-refractivity contribution in [2.45, 2.75) is 19.0 Å². The van der Waals surface area contributed by atoms with Gasteiger partial charge in [-0.1, -0.05) is 0 Å². The Bertz CT molecular complexity index is 1330. The number of ether oxygens (including phenoxy) is 4. The topological polar surface area (TPSA) is 194 Å². The van der Waals surface area contributed by atoms with Crippen molar-refractivity contribution in [1.29, 1.82) is 0 Å². The first-order valence-electron chi connectivity index (χ1n) is 10.5. The molecule has 0 N–H and O–H groups in total. The van der Waals surface area contributed by atoms with Crippen molar-refractivity contribution in [2.24, 2.45) is 0 Å². The van der Waals surface area contributed by atoms with Crippen LogP contribution >= 0.6 is 0 Å². The summed E-state index contributed by atoms with van der Waals surface area (Å²) < 4.78 is 44.5. The van der Waals surface area contributed by atoms with E-state index in [9.17, 15) is 32.9 Å². The molecule has 0 aliphatic carbocycles. The molecule has 0 fully saturated rings. The number of nitro groups is 1. The van der Waals surface area contributed by atoms with E-state index in [0.717, 1.165) is 18.4 Å². The van der Waals surface area contributed by atoms with Crippen LogP contribution in [0.25, 0.3) is 0 Å². The molecule has 200 valence electrons. The molecule has 16 heteroatoms. The minimum absolute atomic E-state index is 0.00180. The summed E-state index contributed by atoms with van der Waals surface area (Å²) in [5.41, 5.74) is -1.17. The number of carbonyl (C=O) groups excluding carboxylic acids is 3. The zero-order valence-corrected chi connectivity index (χ0v) is 21.4. The van der Waals surface area contributed by atoms with Crippen LogP contribution in [0.5, 0.6) is 17.5 Å². The fraction of sp³-hybridized carbons (Fsp3) is 0.381. The van der Waals surface area contributed by atoms with Gasteiger partial charge in [0.1, 0.15) is 5.75 Å². The van der Waals surface area contributed by atoms with E-state index in [0.29, 0.717) is 0 Å². The molecule has 0 unspecified atom stereocenters. The molecule has 1 aromatic heterocycles. The molecule has 0 radical (unpaired) electrons. The first-order chi connectivity index (χ1) is 17.3. The van der Waals surface area contributed by atoms with E-state index >= 15 is 0 Å². The van der Waals surface area contributed by atoms with Crippen LogP contribution in [-0.2, 0) is 24.1 Å². The van der Waals surface area contributed by atoms with Crippen LogP contribution in [-0.4, -0.2) is 86.2 Å². The molecule has 2 aromatic rings. The highest BCUT2D eigenvalue weighted by Crippen LogP contribution is 2.37. The summed E-state index contributed by atoms with van der Waals surface area (Å²) in [5, 5.41) is 10.9. The number of sulfone groups is 1. The summed E-state index contributed by atoms with van der Waals surface area (Å²) in [6, 6.07) is 3.52. The highest BCUT2D eigenvalue weighted by molar-refractivity contribution is 7.90. The smallest absolute Gasteiger partial charge is 0.392 e. The average molecular weight is 541 g/mol. The SMILES string of the molecule is CCOC(=O)COc1nc(S(C)(=O)=O)nc(Oc2cc(C(=O)OCC)cc(C(=O)N(C)C)c2)c1[N+](=O)[O-]. The van der Waals surface area contributed by atoms with E-state index in [2.05, 4.69) is 9.97 Å². The summed E-state index contributed by atoms with van der Waals surface area (Å²) in [5.74, 6) is -4.30. The van der Waals surface area contributed by atoms with Crippen LogP contribution < -0.4 is 9.47 Å². The normalized spacial score (nSPS) is 10.8. The van der Waals surface area contributed by atoms with Crippen LogP contribution in [0.1, 0.15) is 34.6 Å². The minimum Gasteiger partial charge on any atom is -0.463 e. The standard InChI is InChI=1S/C21H24N4O11S/c1-6-33-15(26)11-35-17-16(25(29)30)18(23-21(22-17)37(5,31)32)36-14-9-12(19(27)24(3)4)8-13(10-14)20(28)34-7-2/h8-10H,6-7,11H2,1-5H3. The van der Waals surface area contributed by atoms with Gasteiger partial charge < -0.3 is 23.8 Å². The molecule has 1 heterocycles. The number of amides is 1. The van der Waals surface area contributed by atoms with Crippen molar-refractivity contribution in [3.05, 3.63) is 39.4 Å². The molecule has 0 saturated heterocycles. The number of aromatic nitrogens is 2. The Labute approximate surface area is 211 Å². The number of nitrogens with zero attached hydrogens (tertiary/aromatic N) is 4.